The van der Waals surface area contributed by atoms with Crippen LogP contribution in [0.1, 0.15) is 49.0 Å². The topological polar surface area (TPSA) is 64.4 Å². The van der Waals surface area contributed by atoms with Crippen molar-refractivity contribution in [2.24, 2.45) is 0 Å². The van der Waals surface area contributed by atoms with Gasteiger partial charge in [-0.1, -0.05) is 6.07 Å². The summed E-state index contributed by atoms with van der Waals surface area (Å²) in [5.41, 5.74) is 1.31. The van der Waals surface area contributed by atoms with E-state index in [2.05, 4.69) is 18.7 Å². The molecule has 8 heteroatoms. The van der Waals surface area contributed by atoms with E-state index in [-0.39, 0.29) is 18.0 Å². The predicted octanol–water partition coefficient (Wildman–Crippen LogP) is 2.32. The van der Waals surface area contributed by atoms with Crippen LogP contribution in [0.15, 0.2) is 24.4 Å². The minimum Gasteiger partial charge on any atom is -0.335 e. The van der Waals surface area contributed by atoms with Gasteiger partial charge in [0.1, 0.15) is 5.82 Å². The molecular formula is C22H32N6O2. The lowest BCUT2D eigenvalue weighted by molar-refractivity contribution is 0.0592. The first-order valence-electron chi connectivity index (χ1n) is 10.9. The molecule has 0 spiro atoms. The van der Waals surface area contributed by atoms with Crippen molar-refractivity contribution in [3.8, 4) is 0 Å². The van der Waals surface area contributed by atoms with Crippen LogP contribution in [-0.4, -0.2) is 93.8 Å². The van der Waals surface area contributed by atoms with E-state index in [4.69, 9.17) is 4.98 Å². The average molecular weight is 413 g/mol. The van der Waals surface area contributed by atoms with Gasteiger partial charge < -0.3 is 19.1 Å². The van der Waals surface area contributed by atoms with Crippen molar-refractivity contribution in [1.29, 1.82) is 0 Å². The second kappa shape index (κ2) is 8.26. The van der Waals surface area contributed by atoms with Crippen molar-refractivity contribution < 1.29 is 9.59 Å². The third-order valence-corrected chi connectivity index (χ3v) is 6.29. The van der Waals surface area contributed by atoms with Crippen molar-refractivity contribution >= 4 is 17.5 Å². The number of hydrogen-bond donors (Lipinski definition) is 0. The Kier molecular flexibility index (Phi) is 5.69. The molecule has 30 heavy (non-hydrogen) atoms. The highest BCUT2D eigenvalue weighted by atomic mass is 16.2. The molecule has 4 rings (SSSR count). The summed E-state index contributed by atoms with van der Waals surface area (Å²) < 4.78 is 1.99. The van der Waals surface area contributed by atoms with E-state index in [1.807, 2.05) is 38.6 Å². The molecule has 0 aromatic carbocycles. The molecule has 0 radical (unpaired) electrons. The van der Waals surface area contributed by atoms with Gasteiger partial charge in [-0.15, -0.1) is 0 Å². The Hall–Kier alpha value is -2.61. The lowest BCUT2D eigenvalue weighted by Crippen LogP contribution is -2.50. The Labute approximate surface area is 178 Å². The molecule has 2 aromatic heterocycles. The number of carbonyl (C=O) groups is 2. The molecule has 162 valence electrons. The molecule has 0 saturated carbocycles. The van der Waals surface area contributed by atoms with Crippen molar-refractivity contribution in [3.05, 3.63) is 35.9 Å². The van der Waals surface area contributed by atoms with E-state index in [0.717, 1.165) is 37.3 Å². The summed E-state index contributed by atoms with van der Waals surface area (Å²) in [6.45, 7) is 8.29. The molecule has 2 saturated heterocycles. The minimum absolute atomic E-state index is 0.0112. The highest BCUT2D eigenvalue weighted by molar-refractivity contribution is 5.99. The number of fused-ring (bicyclic) bond motifs is 1. The molecule has 0 N–H and O–H groups in total. The fourth-order valence-electron chi connectivity index (χ4n) is 4.57. The molecule has 2 aliphatic heterocycles. The maximum Gasteiger partial charge on any atom is 0.320 e. The van der Waals surface area contributed by atoms with Gasteiger partial charge in [-0.2, -0.15) is 0 Å². The third kappa shape index (κ3) is 3.64. The Morgan fingerprint density at radius 3 is 2.50 bits per heavy atom. The van der Waals surface area contributed by atoms with Crippen LogP contribution in [0, 0.1) is 0 Å². The lowest BCUT2D eigenvalue weighted by Gasteiger charge is -2.36. The SMILES string of the molecule is CC(C)N1CCN(C(=O)c2nc([C@H]3CCCN3C(=O)N(C)C)n3ccccc23)CC1. The first kappa shape index (κ1) is 20.7. The zero-order valence-electron chi connectivity index (χ0n) is 18.4. The van der Waals surface area contributed by atoms with Crippen molar-refractivity contribution in [2.75, 3.05) is 46.8 Å². The molecule has 3 amide bonds. The molecule has 0 bridgehead atoms. The Balaban J connectivity index is 1.65. The molecular weight excluding hydrogens is 380 g/mol. The van der Waals surface area contributed by atoms with Crippen LogP contribution in [0.25, 0.3) is 5.52 Å². The highest BCUT2D eigenvalue weighted by Crippen LogP contribution is 2.33. The van der Waals surface area contributed by atoms with Gasteiger partial charge in [-0.05, 0) is 38.8 Å². The zero-order valence-corrected chi connectivity index (χ0v) is 18.4. The summed E-state index contributed by atoms with van der Waals surface area (Å²) >= 11 is 0. The van der Waals surface area contributed by atoms with Crippen LogP contribution < -0.4 is 0 Å². The summed E-state index contributed by atoms with van der Waals surface area (Å²) in [5.74, 6) is 0.763. The standard InChI is InChI=1S/C22H32N6O2/c1-16(2)25-12-14-26(15-13-25)21(29)19-17-8-5-6-10-27(17)20(23-19)18-9-7-11-28(18)22(30)24(3)4/h5-6,8,10,16,18H,7,9,11-15H2,1-4H3/t18-/m1/s1. The van der Waals surface area contributed by atoms with E-state index in [9.17, 15) is 9.59 Å². The lowest BCUT2D eigenvalue weighted by atomic mass is 10.2. The van der Waals surface area contributed by atoms with Gasteiger partial charge >= 0.3 is 6.03 Å². The summed E-state index contributed by atoms with van der Waals surface area (Å²) in [5, 5.41) is 0. The first-order valence-corrected chi connectivity index (χ1v) is 10.9. The maximum absolute atomic E-state index is 13.4. The van der Waals surface area contributed by atoms with Crippen molar-refractivity contribution in [2.45, 2.75) is 38.8 Å². The number of amides is 3. The fraction of sp³-hybridized carbons (Fsp3) is 0.591. The van der Waals surface area contributed by atoms with Gasteiger partial charge in [0.05, 0.1) is 11.6 Å². The van der Waals surface area contributed by atoms with Gasteiger partial charge in [0, 0.05) is 59.1 Å². The second-order valence-corrected chi connectivity index (χ2v) is 8.72. The van der Waals surface area contributed by atoms with Crippen LogP contribution in [0.3, 0.4) is 0 Å². The highest BCUT2D eigenvalue weighted by Gasteiger charge is 2.35. The van der Waals surface area contributed by atoms with E-state index in [0.29, 0.717) is 31.4 Å². The molecule has 0 aliphatic carbocycles. The number of aromatic nitrogens is 2. The second-order valence-electron chi connectivity index (χ2n) is 8.72. The fourth-order valence-corrected chi connectivity index (χ4v) is 4.57. The Morgan fingerprint density at radius 2 is 1.83 bits per heavy atom. The molecule has 0 unspecified atom stereocenters. The minimum atomic E-state index is -0.117. The van der Waals surface area contributed by atoms with E-state index < -0.39 is 0 Å². The normalized spacial score (nSPS) is 20.4. The number of piperazine rings is 1. The van der Waals surface area contributed by atoms with Crippen molar-refractivity contribution in [1.82, 2.24) is 29.0 Å². The number of pyridine rings is 1. The van der Waals surface area contributed by atoms with Gasteiger partial charge in [-0.25, -0.2) is 9.78 Å². The number of imidazole rings is 1. The zero-order chi connectivity index (χ0) is 21.4. The Morgan fingerprint density at radius 1 is 1.10 bits per heavy atom. The summed E-state index contributed by atoms with van der Waals surface area (Å²) in [6.07, 6.45) is 3.74. The van der Waals surface area contributed by atoms with Crippen LogP contribution in [0.2, 0.25) is 0 Å². The van der Waals surface area contributed by atoms with Crippen LogP contribution in [-0.2, 0) is 0 Å². The first-order chi connectivity index (χ1) is 14.4. The quantitative estimate of drug-likeness (QED) is 0.776. The molecule has 2 aliphatic rings. The van der Waals surface area contributed by atoms with Crippen LogP contribution >= 0.6 is 0 Å². The monoisotopic (exact) mass is 412 g/mol. The van der Waals surface area contributed by atoms with E-state index in [1.54, 1.807) is 19.0 Å². The van der Waals surface area contributed by atoms with E-state index >= 15 is 0 Å². The summed E-state index contributed by atoms with van der Waals surface area (Å²) in [6, 6.07) is 6.19. The Bertz CT molecular complexity index is 929. The summed E-state index contributed by atoms with van der Waals surface area (Å²) in [4.78, 5) is 38.7. The third-order valence-electron chi connectivity index (χ3n) is 6.29. The number of likely N-dealkylation sites (tertiary alicyclic amines) is 1. The average Bonchev–Trinajstić information content (AvgIpc) is 3.37. The van der Waals surface area contributed by atoms with Gasteiger partial charge in [-0.3, -0.25) is 9.69 Å². The largest absolute Gasteiger partial charge is 0.335 e. The summed E-state index contributed by atoms with van der Waals surface area (Å²) in [7, 11) is 3.54. The van der Waals surface area contributed by atoms with Crippen LogP contribution in [0.5, 0.6) is 0 Å². The van der Waals surface area contributed by atoms with Gasteiger partial charge in [0.2, 0.25) is 0 Å². The van der Waals surface area contributed by atoms with E-state index in [1.165, 1.54) is 0 Å². The number of rotatable bonds is 3. The number of carbonyl (C=O) groups excluding carboxylic acids is 2. The van der Waals surface area contributed by atoms with Crippen LogP contribution in [0.4, 0.5) is 4.79 Å². The maximum atomic E-state index is 13.4. The predicted molar refractivity (Wildman–Crippen MR) is 116 cm³/mol. The molecule has 8 nitrogen and oxygen atoms in total. The number of nitrogens with zero attached hydrogens (tertiary/aromatic N) is 6. The van der Waals surface area contributed by atoms with Gasteiger partial charge in [0.15, 0.2) is 5.69 Å². The van der Waals surface area contributed by atoms with Gasteiger partial charge in [0.25, 0.3) is 5.91 Å². The van der Waals surface area contributed by atoms with Crippen molar-refractivity contribution in [3.63, 3.8) is 0 Å². The molecule has 2 fully saturated rings. The number of hydrogen-bond acceptors (Lipinski definition) is 4. The molecule has 1 atom stereocenters. The number of urea groups is 1. The smallest absolute Gasteiger partial charge is 0.320 e. The molecule has 2 aromatic rings. The molecule has 4 heterocycles.